The molecule has 29 heavy (non-hydrogen) atoms. The van der Waals surface area contributed by atoms with E-state index in [0.717, 1.165) is 16.7 Å². The molecule has 8 heteroatoms. The van der Waals surface area contributed by atoms with Gasteiger partial charge in [-0.05, 0) is 36.4 Å². The molecule has 0 fully saturated rings. The van der Waals surface area contributed by atoms with Crippen LogP contribution in [0.5, 0.6) is 0 Å². The van der Waals surface area contributed by atoms with Gasteiger partial charge in [0, 0.05) is 28.4 Å². The molecule has 0 aliphatic carbocycles. The Morgan fingerprint density at radius 2 is 1.59 bits per heavy atom. The molecule has 0 atom stereocenters. The Hall–Kier alpha value is -3.84. The number of rotatable bonds is 3. The maximum atomic E-state index is 11.2. The van der Waals surface area contributed by atoms with E-state index in [2.05, 4.69) is 9.97 Å². The zero-order valence-electron chi connectivity index (χ0n) is 14.9. The van der Waals surface area contributed by atoms with Crippen LogP contribution < -0.4 is 0 Å². The van der Waals surface area contributed by atoms with Gasteiger partial charge in [-0.2, -0.15) is 0 Å². The Morgan fingerprint density at radius 3 is 2.31 bits per heavy atom. The highest BCUT2D eigenvalue weighted by Crippen LogP contribution is 2.30. The maximum Gasteiger partial charge on any atom is 0.270 e. The Morgan fingerprint density at radius 1 is 0.862 bits per heavy atom. The molecule has 7 nitrogen and oxygen atoms in total. The van der Waals surface area contributed by atoms with Crippen LogP contribution in [0.3, 0.4) is 0 Å². The smallest absolute Gasteiger partial charge is 0.270 e. The van der Waals surface area contributed by atoms with Crippen molar-refractivity contribution in [2.24, 2.45) is 0 Å². The molecule has 0 saturated heterocycles. The molecule has 0 aliphatic rings. The van der Waals surface area contributed by atoms with Crippen molar-refractivity contribution in [1.82, 2.24) is 19.5 Å². The summed E-state index contributed by atoms with van der Waals surface area (Å²) in [5, 5.41) is 11.9. The van der Waals surface area contributed by atoms with Gasteiger partial charge in [-0.15, -0.1) is 0 Å². The fourth-order valence-electron chi connectivity index (χ4n) is 3.24. The van der Waals surface area contributed by atoms with Gasteiger partial charge in [0.15, 0.2) is 11.3 Å². The number of hydrogen-bond acceptors (Lipinski definition) is 5. The first kappa shape index (κ1) is 17.3. The average molecular weight is 402 g/mol. The fraction of sp³-hybridized carbons (Fsp3) is 0. The van der Waals surface area contributed by atoms with E-state index in [1.807, 2.05) is 41.0 Å². The number of nitro groups is 1. The first-order valence-corrected chi connectivity index (χ1v) is 9.14. The van der Waals surface area contributed by atoms with Crippen molar-refractivity contribution in [3.05, 3.63) is 87.9 Å². The minimum atomic E-state index is -0.427. The molecular weight excluding hydrogens is 390 g/mol. The van der Waals surface area contributed by atoms with Crippen LogP contribution in [-0.4, -0.2) is 24.4 Å². The van der Waals surface area contributed by atoms with Gasteiger partial charge in [0.05, 0.1) is 16.0 Å². The number of nitrogens with zero attached hydrogens (tertiary/aromatic N) is 5. The molecule has 0 N–H and O–H groups in total. The van der Waals surface area contributed by atoms with Gasteiger partial charge in [0.1, 0.15) is 5.82 Å². The summed E-state index contributed by atoms with van der Waals surface area (Å²) in [5.74, 6) is 0.515. The molecule has 0 amide bonds. The highest BCUT2D eigenvalue weighted by Gasteiger charge is 2.19. The fourth-order valence-corrected chi connectivity index (χ4v) is 3.37. The van der Waals surface area contributed by atoms with Gasteiger partial charge in [-0.25, -0.2) is 15.0 Å². The minimum Gasteiger partial charge on any atom is -0.275 e. The van der Waals surface area contributed by atoms with Crippen LogP contribution in [-0.2, 0) is 0 Å². The van der Waals surface area contributed by atoms with Crippen molar-refractivity contribution in [2.45, 2.75) is 0 Å². The van der Waals surface area contributed by atoms with Crippen LogP contribution in [0.25, 0.3) is 39.4 Å². The topological polar surface area (TPSA) is 86.7 Å². The molecule has 0 bridgehead atoms. The molecule has 0 aliphatic heterocycles. The molecule has 2 aromatic heterocycles. The summed E-state index contributed by atoms with van der Waals surface area (Å²) in [4.78, 5) is 24.9. The Kier molecular flexibility index (Phi) is 3.96. The lowest BCUT2D eigenvalue weighted by Crippen LogP contribution is -1.99. The largest absolute Gasteiger partial charge is 0.275 e. The number of non-ortho nitro benzene ring substituents is 1. The average Bonchev–Trinajstić information content (AvgIpc) is 3.11. The molecule has 5 aromatic rings. The van der Waals surface area contributed by atoms with Crippen LogP contribution >= 0.6 is 11.6 Å². The van der Waals surface area contributed by atoms with Crippen molar-refractivity contribution in [3.63, 3.8) is 0 Å². The molecule has 0 radical (unpaired) electrons. The molecule has 0 unspecified atom stereocenters. The molecule has 140 valence electrons. The van der Waals surface area contributed by atoms with Gasteiger partial charge in [-0.3, -0.25) is 14.7 Å². The van der Waals surface area contributed by atoms with Gasteiger partial charge in [0.25, 0.3) is 5.69 Å². The van der Waals surface area contributed by atoms with Crippen molar-refractivity contribution in [2.75, 3.05) is 0 Å². The Balaban J connectivity index is 1.85. The predicted octanol–water partition coefficient (Wildman–Crippen LogP) is 5.20. The zero-order chi connectivity index (χ0) is 20.0. The normalized spacial score (nSPS) is 11.2. The summed E-state index contributed by atoms with van der Waals surface area (Å²) in [5.41, 5.74) is 3.85. The first-order valence-electron chi connectivity index (χ1n) is 8.76. The molecule has 3 aromatic carbocycles. The van der Waals surface area contributed by atoms with E-state index in [1.54, 1.807) is 24.3 Å². The zero-order valence-corrected chi connectivity index (χ0v) is 15.6. The highest BCUT2D eigenvalue weighted by atomic mass is 35.5. The van der Waals surface area contributed by atoms with E-state index in [9.17, 15) is 10.1 Å². The van der Waals surface area contributed by atoms with Crippen LogP contribution in [0.4, 0.5) is 5.69 Å². The van der Waals surface area contributed by atoms with Crippen LogP contribution in [0.1, 0.15) is 0 Å². The lowest BCUT2D eigenvalue weighted by molar-refractivity contribution is -0.384. The van der Waals surface area contributed by atoms with Gasteiger partial charge in [0.2, 0.25) is 0 Å². The summed E-state index contributed by atoms with van der Waals surface area (Å²) >= 11 is 6.05. The van der Waals surface area contributed by atoms with E-state index < -0.39 is 4.92 Å². The number of benzene rings is 3. The second-order valence-electron chi connectivity index (χ2n) is 6.41. The highest BCUT2D eigenvalue weighted by molar-refractivity contribution is 6.30. The van der Waals surface area contributed by atoms with Gasteiger partial charge >= 0.3 is 0 Å². The number of halogens is 1. The van der Waals surface area contributed by atoms with Crippen molar-refractivity contribution >= 4 is 39.6 Å². The predicted molar refractivity (Wildman–Crippen MR) is 111 cm³/mol. The Labute approximate surface area is 169 Å². The van der Waals surface area contributed by atoms with Crippen LogP contribution in [0, 0.1) is 10.1 Å². The van der Waals surface area contributed by atoms with E-state index in [0.29, 0.717) is 27.7 Å². The summed E-state index contributed by atoms with van der Waals surface area (Å²) in [6.07, 6.45) is 0. The van der Waals surface area contributed by atoms with Crippen molar-refractivity contribution < 1.29 is 4.92 Å². The van der Waals surface area contributed by atoms with Crippen molar-refractivity contribution in [3.8, 4) is 17.1 Å². The maximum absolute atomic E-state index is 11.2. The summed E-state index contributed by atoms with van der Waals surface area (Å²) < 4.78 is 1.84. The lowest BCUT2D eigenvalue weighted by atomic mass is 10.2. The summed E-state index contributed by atoms with van der Waals surface area (Å²) in [6, 6.07) is 21.1. The number of imidazole rings is 1. The molecule has 2 heterocycles. The molecule has 0 spiro atoms. The third kappa shape index (κ3) is 2.97. The number of nitro benzene ring substituents is 1. The Bertz CT molecular complexity index is 1400. The third-order valence-corrected chi connectivity index (χ3v) is 4.82. The first-order chi connectivity index (χ1) is 14.1. The molecule has 0 saturated carbocycles. The third-order valence-electron chi connectivity index (χ3n) is 4.57. The van der Waals surface area contributed by atoms with E-state index in [4.69, 9.17) is 16.6 Å². The summed E-state index contributed by atoms with van der Waals surface area (Å²) in [7, 11) is 0. The van der Waals surface area contributed by atoms with E-state index >= 15 is 0 Å². The van der Waals surface area contributed by atoms with Crippen molar-refractivity contribution in [1.29, 1.82) is 0 Å². The number of aromatic nitrogens is 4. The SMILES string of the molecule is O=[N+]([O-])c1cccc(-c2nc3nc4ccccc4nc3n2-c2ccc(Cl)cc2)c1. The van der Waals surface area contributed by atoms with Gasteiger partial charge in [-0.1, -0.05) is 35.9 Å². The monoisotopic (exact) mass is 401 g/mol. The molecule has 5 rings (SSSR count). The van der Waals surface area contributed by atoms with E-state index in [1.165, 1.54) is 12.1 Å². The molecular formula is C21H12ClN5O2. The van der Waals surface area contributed by atoms with Gasteiger partial charge < -0.3 is 0 Å². The quantitative estimate of drug-likeness (QED) is 0.306. The number of hydrogen-bond donors (Lipinski definition) is 0. The second kappa shape index (κ2) is 6.65. The van der Waals surface area contributed by atoms with Crippen LogP contribution in [0.15, 0.2) is 72.8 Å². The number of para-hydroxylation sites is 2. The summed E-state index contributed by atoms with van der Waals surface area (Å²) in [6.45, 7) is 0. The second-order valence-corrected chi connectivity index (χ2v) is 6.85. The standard InChI is InChI=1S/C21H12ClN5O2/c22-14-8-10-15(11-9-14)26-20(13-4-3-5-16(12-13)27(28)29)25-19-21(26)24-18-7-2-1-6-17(18)23-19/h1-12H. The number of fused-ring (bicyclic) bond motifs is 2. The van der Waals surface area contributed by atoms with Crippen LogP contribution in [0.2, 0.25) is 5.02 Å². The lowest BCUT2D eigenvalue weighted by Gasteiger charge is -2.09. The van der Waals surface area contributed by atoms with E-state index in [-0.39, 0.29) is 5.69 Å². The minimum absolute atomic E-state index is 0.0108.